The molecule has 0 saturated carbocycles. The highest BCUT2D eigenvalue weighted by Crippen LogP contribution is 2.21. The quantitative estimate of drug-likeness (QED) is 0.687. The van der Waals surface area contributed by atoms with Gasteiger partial charge < -0.3 is 5.11 Å². The minimum Gasteiger partial charge on any atom is -0.396 e. The van der Waals surface area contributed by atoms with Gasteiger partial charge in [0.2, 0.25) is 11.8 Å². The van der Waals surface area contributed by atoms with Crippen LogP contribution in [0.15, 0.2) is 0 Å². The van der Waals surface area contributed by atoms with Crippen LogP contribution in [-0.2, 0) is 9.59 Å². The molecule has 2 atom stereocenters. The van der Waals surface area contributed by atoms with E-state index in [1.807, 2.05) is 6.92 Å². The van der Waals surface area contributed by atoms with Crippen LogP contribution in [0.2, 0.25) is 0 Å². The molecule has 0 spiro atoms. The molecule has 0 aliphatic carbocycles. The maximum atomic E-state index is 11.6. The zero-order valence-corrected chi connectivity index (χ0v) is 9.40. The average molecular weight is 213 g/mol. The van der Waals surface area contributed by atoms with Crippen molar-refractivity contribution in [2.75, 3.05) is 13.2 Å². The first-order chi connectivity index (χ1) is 7.10. The third-order valence-corrected chi connectivity index (χ3v) is 3.02. The molecule has 4 nitrogen and oxygen atoms in total. The van der Waals surface area contributed by atoms with Gasteiger partial charge in [-0.05, 0) is 12.3 Å². The van der Waals surface area contributed by atoms with Crippen LogP contribution in [0.5, 0.6) is 0 Å². The summed E-state index contributed by atoms with van der Waals surface area (Å²) in [6, 6.07) is 0. The Labute approximate surface area is 90.3 Å². The van der Waals surface area contributed by atoms with Gasteiger partial charge in [0.05, 0.1) is 0 Å². The molecule has 0 radical (unpaired) electrons. The molecule has 15 heavy (non-hydrogen) atoms. The Kier molecular flexibility index (Phi) is 4.27. The summed E-state index contributed by atoms with van der Waals surface area (Å²) in [5.41, 5.74) is 0. The van der Waals surface area contributed by atoms with Crippen LogP contribution in [-0.4, -0.2) is 35.0 Å². The number of imide groups is 1. The number of rotatable bonds is 5. The zero-order valence-electron chi connectivity index (χ0n) is 9.40. The maximum Gasteiger partial charge on any atom is 0.232 e. The fraction of sp³-hybridized carbons (Fsp3) is 0.818. The number of aliphatic hydroxyl groups is 1. The van der Waals surface area contributed by atoms with Crippen LogP contribution in [0.1, 0.15) is 33.1 Å². The smallest absolute Gasteiger partial charge is 0.232 e. The van der Waals surface area contributed by atoms with Crippen molar-refractivity contribution in [2.45, 2.75) is 33.1 Å². The first-order valence-corrected chi connectivity index (χ1v) is 5.55. The van der Waals surface area contributed by atoms with Crippen LogP contribution < -0.4 is 0 Å². The molecule has 1 heterocycles. The zero-order chi connectivity index (χ0) is 11.4. The van der Waals surface area contributed by atoms with Crippen molar-refractivity contribution in [1.82, 2.24) is 4.90 Å². The molecular weight excluding hydrogens is 194 g/mol. The number of aliphatic hydroxyl groups excluding tert-OH is 1. The van der Waals surface area contributed by atoms with Crippen LogP contribution in [0, 0.1) is 11.8 Å². The molecule has 0 aromatic rings. The van der Waals surface area contributed by atoms with Crippen molar-refractivity contribution in [3.05, 3.63) is 0 Å². The van der Waals surface area contributed by atoms with E-state index in [-0.39, 0.29) is 30.3 Å². The Hall–Kier alpha value is -0.900. The number of hydrogen-bond acceptors (Lipinski definition) is 3. The Balaban J connectivity index is 2.56. The Bertz CT molecular complexity index is 252. The predicted molar refractivity (Wildman–Crippen MR) is 56.0 cm³/mol. The monoisotopic (exact) mass is 213 g/mol. The number of nitrogens with zero attached hydrogens (tertiary/aromatic N) is 1. The molecule has 1 saturated heterocycles. The summed E-state index contributed by atoms with van der Waals surface area (Å²) < 4.78 is 0. The van der Waals surface area contributed by atoms with E-state index in [1.54, 1.807) is 6.92 Å². The number of carbonyl (C=O) groups excluding carboxylic acids is 2. The maximum absolute atomic E-state index is 11.6. The molecule has 0 aromatic heterocycles. The van der Waals surface area contributed by atoms with Gasteiger partial charge in [-0.3, -0.25) is 14.5 Å². The molecule has 1 N–H and O–H groups in total. The molecular formula is C11H19NO3. The second-order valence-corrected chi connectivity index (χ2v) is 4.23. The number of amides is 2. The first kappa shape index (κ1) is 12.2. The van der Waals surface area contributed by atoms with Gasteiger partial charge in [-0.15, -0.1) is 0 Å². The van der Waals surface area contributed by atoms with E-state index < -0.39 is 0 Å². The van der Waals surface area contributed by atoms with Crippen molar-refractivity contribution in [2.24, 2.45) is 11.8 Å². The largest absolute Gasteiger partial charge is 0.396 e. The summed E-state index contributed by atoms with van der Waals surface area (Å²) >= 11 is 0. The van der Waals surface area contributed by atoms with E-state index in [1.165, 1.54) is 4.90 Å². The summed E-state index contributed by atoms with van der Waals surface area (Å²) in [5.74, 6) is -0.0578. The number of likely N-dealkylation sites (tertiary alicyclic amines) is 1. The Morgan fingerprint density at radius 3 is 2.60 bits per heavy atom. The Morgan fingerprint density at radius 2 is 2.20 bits per heavy atom. The van der Waals surface area contributed by atoms with E-state index in [4.69, 9.17) is 5.11 Å². The third kappa shape index (κ3) is 2.78. The van der Waals surface area contributed by atoms with Crippen molar-refractivity contribution >= 4 is 11.8 Å². The van der Waals surface area contributed by atoms with Crippen molar-refractivity contribution in [1.29, 1.82) is 0 Å². The molecule has 1 rings (SSSR count). The van der Waals surface area contributed by atoms with Crippen molar-refractivity contribution in [3.63, 3.8) is 0 Å². The van der Waals surface area contributed by atoms with E-state index >= 15 is 0 Å². The summed E-state index contributed by atoms with van der Waals surface area (Å²) in [7, 11) is 0. The highest BCUT2D eigenvalue weighted by Gasteiger charge is 2.36. The van der Waals surface area contributed by atoms with Gasteiger partial charge in [0.25, 0.3) is 0 Å². The van der Waals surface area contributed by atoms with Gasteiger partial charge >= 0.3 is 0 Å². The summed E-state index contributed by atoms with van der Waals surface area (Å²) in [6.07, 6.45) is 1.88. The number of hydrogen-bond donors (Lipinski definition) is 1. The van der Waals surface area contributed by atoms with Gasteiger partial charge in [-0.1, -0.05) is 20.3 Å². The summed E-state index contributed by atoms with van der Waals surface area (Å²) in [4.78, 5) is 24.5. The van der Waals surface area contributed by atoms with Crippen LogP contribution in [0.25, 0.3) is 0 Å². The molecule has 1 fully saturated rings. The normalized spacial score (nSPS) is 23.7. The van der Waals surface area contributed by atoms with E-state index in [0.717, 1.165) is 6.42 Å². The highest BCUT2D eigenvalue weighted by molar-refractivity contribution is 6.03. The predicted octanol–water partition coefficient (Wildman–Crippen LogP) is 0.790. The molecule has 0 aromatic carbocycles. The topological polar surface area (TPSA) is 57.6 Å². The van der Waals surface area contributed by atoms with E-state index in [9.17, 15) is 9.59 Å². The molecule has 1 aliphatic rings. The summed E-state index contributed by atoms with van der Waals surface area (Å²) in [5, 5.41) is 8.84. The minimum atomic E-state index is -0.163. The lowest BCUT2D eigenvalue weighted by Gasteiger charge is -2.20. The number of carbonyl (C=O) groups is 2. The van der Waals surface area contributed by atoms with Crippen LogP contribution >= 0.6 is 0 Å². The minimum absolute atomic E-state index is 0.0589. The fourth-order valence-corrected chi connectivity index (χ4v) is 1.91. The van der Waals surface area contributed by atoms with E-state index in [0.29, 0.717) is 19.4 Å². The third-order valence-electron chi connectivity index (χ3n) is 3.02. The SMILES string of the molecule is CCC(CCO)CN1C(=O)CC(C)C1=O. The van der Waals surface area contributed by atoms with Crippen LogP contribution in [0.3, 0.4) is 0 Å². The second kappa shape index (κ2) is 5.26. The fourth-order valence-electron chi connectivity index (χ4n) is 1.91. The van der Waals surface area contributed by atoms with Gasteiger partial charge in [0, 0.05) is 25.5 Å². The van der Waals surface area contributed by atoms with E-state index in [2.05, 4.69) is 0 Å². The van der Waals surface area contributed by atoms with Gasteiger partial charge in [-0.2, -0.15) is 0 Å². The lowest BCUT2D eigenvalue weighted by molar-refractivity contribution is -0.140. The van der Waals surface area contributed by atoms with Gasteiger partial charge in [0.15, 0.2) is 0 Å². The van der Waals surface area contributed by atoms with Gasteiger partial charge in [-0.25, -0.2) is 0 Å². The van der Waals surface area contributed by atoms with Crippen molar-refractivity contribution < 1.29 is 14.7 Å². The second-order valence-electron chi connectivity index (χ2n) is 4.23. The lowest BCUT2D eigenvalue weighted by Crippen LogP contribution is -2.35. The summed E-state index contributed by atoms with van der Waals surface area (Å²) in [6.45, 7) is 4.38. The van der Waals surface area contributed by atoms with Crippen LogP contribution in [0.4, 0.5) is 0 Å². The molecule has 2 amide bonds. The molecule has 2 unspecified atom stereocenters. The average Bonchev–Trinajstić information content (AvgIpc) is 2.44. The molecule has 1 aliphatic heterocycles. The van der Waals surface area contributed by atoms with Gasteiger partial charge in [0.1, 0.15) is 0 Å². The van der Waals surface area contributed by atoms with Crippen molar-refractivity contribution in [3.8, 4) is 0 Å². The molecule has 4 heteroatoms. The first-order valence-electron chi connectivity index (χ1n) is 5.55. The highest BCUT2D eigenvalue weighted by atomic mass is 16.3. The lowest BCUT2D eigenvalue weighted by atomic mass is 10.0. The molecule has 0 bridgehead atoms. The standard InChI is InChI=1S/C11H19NO3/c1-3-9(4-5-13)7-12-10(14)6-8(2)11(12)15/h8-9,13H,3-7H2,1-2H3. The molecule has 86 valence electrons. The Morgan fingerprint density at radius 1 is 1.53 bits per heavy atom.